The fraction of sp³-hybridized carbons (Fsp3) is 0.438. The van der Waals surface area contributed by atoms with Crippen LogP contribution in [-0.2, 0) is 4.79 Å². The van der Waals surface area contributed by atoms with Gasteiger partial charge in [-0.25, -0.2) is 0 Å². The summed E-state index contributed by atoms with van der Waals surface area (Å²) >= 11 is 1.83. The summed E-state index contributed by atoms with van der Waals surface area (Å²) in [6.07, 6.45) is 2.27. The van der Waals surface area contributed by atoms with Crippen molar-refractivity contribution in [2.24, 2.45) is 0 Å². The molecule has 0 fully saturated rings. The second-order valence-corrected chi connectivity index (χ2v) is 40.6. The van der Waals surface area contributed by atoms with Crippen molar-refractivity contribution in [1.29, 1.82) is 0 Å². The molecule has 0 amide bonds. The maximum atomic E-state index is 11.3. The average Bonchev–Trinajstić information content (AvgIpc) is 2.26. The van der Waals surface area contributed by atoms with Crippen LogP contribution in [-0.4, -0.2) is 42.7 Å². The third-order valence-electron chi connectivity index (χ3n) is 3.16. The SMILES string of the molecule is CC(=O)Oc1c(Cl)cccc1C=[C]([Sn]([CH3])([CH3])[CH3])[Sn]([CH3])([CH3])[CH3]. The summed E-state index contributed by atoms with van der Waals surface area (Å²) in [5.41, 5.74) is 0.936. The second-order valence-electron chi connectivity index (χ2n) is 7.31. The molecule has 116 valence electrons. The Morgan fingerprint density at radius 3 is 2.05 bits per heavy atom. The second kappa shape index (κ2) is 7.26. The Morgan fingerprint density at radius 1 is 1.10 bits per heavy atom. The van der Waals surface area contributed by atoms with E-state index in [0.717, 1.165) is 5.56 Å². The van der Waals surface area contributed by atoms with E-state index in [9.17, 15) is 4.79 Å². The predicted octanol–water partition coefficient (Wildman–Crippen LogP) is 5.40. The molecule has 1 rings (SSSR count). The van der Waals surface area contributed by atoms with Gasteiger partial charge in [0.15, 0.2) is 0 Å². The van der Waals surface area contributed by atoms with Crippen molar-refractivity contribution in [2.45, 2.75) is 36.6 Å². The predicted molar refractivity (Wildman–Crippen MR) is 97.4 cm³/mol. The summed E-state index contributed by atoms with van der Waals surface area (Å²) < 4.78 is 7.02. The van der Waals surface area contributed by atoms with Crippen molar-refractivity contribution in [3.63, 3.8) is 0 Å². The number of hydrogen-bond donors (Lipinski definition) is 0. The molecule has 0 N–H and O–H groups in total. The molecule has 0 atom stereocenters. The first kappa shape index (κ1) is 19.4. The monoisotopic (exact) mass is 524 g/mol. The Kier molecular flexibility index (Phi) is 6.69. The van der Waals surface area contributed by atoms with Gasteiger partial charge in [0.2, 0.25) is 0 Å². The number of para-hydroxylation sites is 1. The van der Waals surface area contributed by atoms with Gasteiger partial charge in [0.25, 0.3) is 0 Å². The standard InChI is InChI=1S/C10H7ClO2.6CH3.2Sn/c1-3-8-5-4-6-9(11)10(8)13-7(2)12;;;;;;;;/h3-6H,2H3;6*1H3;;. The van der Waals surface area contributed by atoms with Crippen molar-refractivity contribution in [2.75, 3.05) is 0 Å². The van der Waals surface area contributed by atoms with Gasteiger partial charge in [0, 0.05) is 0 Å². The molecule has 0 aromatic heterocycles. The van der Waals surface area contributed by atoms with Crippen LogP contribution in [0.2, 0.25) is 34.7 Å². The molecule has 0 radical (unpaired) electrons. The number of rotatable bonds is 4. The number of benzene rings is 1. The molecular formula is C16H25ClO2Sn2. The van der Waals surface area contributed by atoms with Gasteiger partial charge in [-0.2, -0.15) is 0 Å². The Bertz CT molecular complexity index is 551. The summed E-state index contributed by atoms with van der Waals surface area (Å²) in [4.78, 5) is 26.0. The number of ether oxygens (including phenoxy) is 1. The molecule has 1 aromatic rings. The van der Waals surface area contributed by atoms with Gasteiger partial charge in [-0.05, 0) is 0 Å². The van der Waals surface area contributed by atoms with Crippen LogP contribution in [0, 0.1) is 0 Å². The van der Waals surface area contributed by atoms with Crippen LogP contribution in [0.25, 0.3) is 6.08 Å². The van der Waals surface area contributed by atoms with Crippen molar-refractivity contribution in [3.8, 4) is 5.75 Å². The third kappa shape index (κ3) is 5.79. The molecule has 0 aliphatic carbocycles. The minimum absolute atomic E-state index is 0.335. The topological polar surface area (TPSA) is 26.3 Å². The Hall–Kier alpha value is 0.317. The van der Waals surface area contributed by atoms with Gasteiger partial charge in [0.05, 0.1) is 0 Å². The Labute approximate surface area is 141 Å². The molecule has 2 nitrogen and oxygen atoms in total. The van der Waals surface area contributed by atoms with Crippen molar-refractivity contribution >= 4 is 60.4 Å². The van der Waals surface area contributed by atoms with Gasteiger partial charge in [0.1, 0.15) is 0 Å². The van der Waals surface area contributed by atoms with Crippen LogP contribution in [0.3, 0.4) is 0 Å². The van der Waals surface area contributed by atoms with Gasteiger partial charge >= 0.3 is 143 Å². The summed E-state index contributed by atoms with van der Waals surface area (Å²) in [6, 6.07) is 5.66. The first-order valence-electron chi connectivity index (χ1n) is 7.12. The average molecular weight is 522 g/mol. The number of hydrogen-bond acceptors (Lipinski definition) is 2. The molecule has 0 spiro atoms. The van der Waals surface area contributed by atoms with Crippen LogP contribution < -0.4 is 4.74 Å². The number of carbonyl (C=O) groups excluding carboxylic acids is 1. The number of carbonyl (C=O) groups is 1. The first-order valence-corrected chi connectivity index (χ1v) is 27.5. The van der Waals surface area contributed by atoms with E-state index in [2.05, 4.69) is 35.7 Å². The van der Waals surface area contributed by atoms with Crippen molar-refractivity contribution in [1.82, 2.24) is 0 Å². The van der Waals surface area contributed by atoms with E-state index in [1.54, 1.807) is 7.67 Å². The van der Waals surface area contributed by atoms with E-state index >= 15 is 0 Å². The zero-order chi connectivity index (χ0) is 16.4. The minimum atomic E-state index is -2.19. The number of esters is 1. The van der Waals surface area contributed by atoms with E-state index in [1.165, 1.54) is 6.92 Å². The summed E-state index contributed by atoms with van der Waals surface area (Å²) in [7, 11) is 0. The Balaban J connectivity index is 3.48. The van der Waals surface area contributed by atoms with E-state index in [-0.39, 0.29) is 5.97 Å². The first-order chi connectivity index (χ1) is 9.43. The quantitative estimate of drug-likeness (QED) is 0.301. The molecule has 0 aliphatic heterocycles. The molecular weight excluding hydrogens is 497 g/mol. The van der Waals surface area contributed by atoms with E-state index in [1.807, 2.05) is 12.1 Å². The summed E-state index contributed by atoms with van der Waals surface area (Å²) in [5.74, 6) is 0.160. The van der Waals surface area contributed by atoms with Gasteiger partial charge < -0.3 is 0 Å². The fourth-order valence-corrected chi connectivity index (χ4v) is 55.7. The van der Waals surface area contributed by atoms with Crippen LogP contribution in [0.1, 0.15) is 12.5 Å². The van der Waals surface area contributed by atoms with E-state index in [4.69, 9.17) is 16.3 Å². The zero-order valence-corrected chi connectivity index (χ0v) is 20.5. The molecule has 0 bridgehead atoms. The van der Waals surface area contributed by atoms with Crippen LogP contribution in [0.15, 0.2) is 19.8 Å². The number of halogens is 1. The molecule has 0 heterocycles. The maximum absolute atomic E-state index is 11.3. The molecule has 21 heavy (non-hydrogen) atoms. The van der Waals surface area contributed by atoms with Crippen LogP contribution in [0.4, 0.5) is 0 Å². The molecule has 0 aliphatic rings. The van der Waals surface area contributed by atoms with Gasteiger partial charge in [-0.15, -0.1) is 0 Å². The fourth-order valence-electron chi connectivity index (χ4n) is 2.60. The molecule has 0 saturated heterocycles. The van der Waals surface area contributed by atoms with Crippen LogP contribution >= 0.6 is 11.6 Å². The zero-order valence-electron chi connectivity index (χ0n) is 14.0. The van der Waals surface area contributed by atoms with Gasteiger partial charge in [-0.1, -0.05) is 0 Å². The van der Waals surface area contributed by atoms with E-state index in [0.29, 0.717) is 10.8 Å². The van der Waals surface area contributed by atoms with E-state index < -0.39 is 36.8 Å². The normalized spacial score (nSPS) is 12.0. The molecule has 0 saturated carbocycles. The van der Waals surface area contributed by atoms with Crippen molar-refractivity contribution in [3.05, 3.63) is 30.4 Å². The third-order valence-corrected chi connectivity index (χ3v) is 42.2. The molecule has 0 unspecified atom stereocenters. The molecule has 1 aromatic carbocycles. The van der Waals surface area contributed by atoms with Crippen LogP contribution in [0.5, 0.6) is 5.75 Å². The Morgan fingerprint density at radius 2 is 1.62 bits per heavy atom. The molecule has 5 heteroatoms. The van der Waals surface area contributed by atoms with Crippen molar-refractivity contribution < 1.29 is 9.53 Å². The van der Waals surface area contributed by atoms with Gasteiger partial charge in [-0.3, -0.25) is 0 Å². The summed E-state index contributed by atoms with van der Waals surface area (Å²) in [5, 5.41) is 0.492. The summed E-state index contributed by atoms with van der Waals surface area (Å²) in [6.45, 7) is 1.41.